The Morgan fingerprint density at radius 2 is 1.90 bits per heavy atom. The van der Waals surface area contributed by atoms with Crippen molar-refractivity contribution in [3.8, 4) is 0 Å². The van der Waals surface area contributed by atoms with E-state index in [0.717, 1.165) is 19.1 Å². The molecule has 5 fully saturated rings. The van der Waals surface area contributed by atoms with E-state index in [2.05, 4.69) is 6.58 Å². The Kier molecular flexibility index (Phi) is 8.25. The molecule has 0 aromatic heterocycles. The van der Waals surface area contributed by atoms with Crippen molar-refractivity contribution in [3.05, 3.63) is 12.2 Å². The number of esters is 3. The molecule has 2 spiro atoms. The first-order chi connectivity index (χ1) is 19.0. The largest absolute Gasteiger partial charge is 0.464 e. The number of ether oxygens (including phenoxy) is 3. The number of carbonyl (C=O) groups is 5. The van der Waals surface area contributed by atoms with E-state index >= 15 is 0 Å². The summed E-state index contributed by atoms with van der Waals surface area (Å²) in [5.41, 5.74) is -3.12. The molecule has 220 valence electrons. The quantitative estimate of drug-likeness (QED) is 0.0735. The zero-order valence-corrected chi connectivity index (χ0v) is 25.2. The molecular formula is C30H40O8S2. The highest BCUT2D eigenvalue weighted by atomic mass is 33.1. The molecule has 2 bridgehead atoms. The van der Waals surface area contributed by atoms with Crippen LogP contribution in [-0.2, 0) is 38.2 Å². The van der Waals surface area contributed by atoms with Gasteiger partial charge in [0.15, 0.2) is 11.2 Å². The van der Waals surface area contributed by atoms with Crippen LogP contribution in [0.4, 0.5) is 0 Å². The lowest BCUT2D eigenvalue weighted by atomic mass is 9.43. The van der Waals surface area contributed by atoms with Gasteiger partial charge in [0.05, 0.1) is 5.41 Å². The zero-order valence-electron chi connectivity index (χ0n) is 23.6. The topological polar surface area (TPSA) is 113 Å². The van der Waals surface area contributed by atoms with Crippen molar-refractivity contribution in [2.24, 2.45) is 34.0 Å². The molecule has 8 nitrogen and oxygen atoms in total. The standard InChI is InChI=1S/C30H40O8S2/c1-17-20-9-10-21-29(22(15-31)28(3,4)13-11-23(29)37-18(2)32)16-36-27(35)30(21,25(17)34)26(20)38-24(33)8-6-5-7-19-12-14-39-40-19/h15,19-23,26H,1,5-14,16H2,2-4H3/t19?,20-,21-,22+,23-,26+,29-,30-/m0/s1. The first-order valence-electron chi connectivity index (χ1n) is 14.5. The average molecular weight is 593 g/mol. The van der Waals surface area contributed by atoms with Crippen LogP contribution in [0.2, 0.25) is 0 Å². The van der Waals surface area contributed by atoms with E-state index in [1.807, 2.05) is 35.4 Å². The highest BCUT2D eigenvalue weighted by molar-refractivity contribution is 8.77. The number of hydrogen-bond acceptors (Lipinski definition) is 10. The molecule has 2 aliphatic heterocycles. The van der Waals surface area contributed by atoms with Gasteiger partial charge < -0.3 is 19.0 Å². The lowest BCUT2D eigenvalue weighted by molar-refractivity contribution is -0.252. The molecule has 5 aliphatic rings. The normalized spacial score (nSPS) is 39.9. The SMILES string of the molecule is C=C1C(=O)[C@@]23C(=O)OC[C@]4([C@@H](OC(C)=O)CCC(C)(C)[C@H]4C=O)[C@@H]2CC[C@@H]1[C@H]3OC(=O)CCCCC1CCSS1. The Morgan fingerprint density at radius 3 is 2.58 bits per heavy atom. The van der Waals surface area contributed by atoms with Gasteiger partial charge in [0, 0.05) is 36.2 Å². The van der Waals surface area contributed by atoms with Crippen molar-refractivity contribution in [3.63, 3.8) is 0 Å². The Hall–Kier alpha value is -1.81. The second-order valence-corrected chi connectivity index (χ2v) is 15.7. The van der Waals surface area contributed by atoms with Crippen molar-refractivity contribution in [1.82, 2.24) is 0 Å². The third-order valence-corrected chi connectivity index (χ3v) is 13.4. The molecule has 0 amide bonds. The molecule has 0 aromatic carbocycles. The van der Waals surface area contributed by atoms with Crippen molar-refractivity contribution in [1.29, 1.82) is 0 Å². The Labute approximate surface area is 243 Å². The van der Waals surface area contributed by atoms with Crippen LogP contribution in [0.25, 0.3) is 0 Å². The molecule has 2 saturated heterocycles. The molecule has 3 aliphatic carbocycles. The van der Waals surface area contributed by atoms with Crippen LogP contribution in [0.5, 0.6) is 0 Å². The number of rotatable bonds is 8. The Morgan fingerprint density at radius 1 is 1.12 bits per heavy atom. The molecule has 0 radical (unpaired) electrons. The number of fused-ring (bicyclic) bond motifs is 2. The van der Waals surface area contributed by atoms with Gasteiger partial charge >= 0.3 is 17.9 Å². The predicted molar refractivity (Wildman–Crippen MR) is 151 cm³/mol. The van der Waals surface area contributed by atoms with Crippen LogP contribution in [0.3, 0.4) is 0 Å². The fourth-order valence-electron chi connectivity index (χ4n) is 8.51. The van der Waals surface area contributed by atoms with E-state index in [1.165, 1.54) is 19.1 Å². The minimum Gasteiger partial charge on any atom is -0.464 e. The van der Waals surface area contributed by atoms with Gasteiger partial charge in [-0.05, 0) is 61.9 Å². The van der Waals surface area contributed by atoms with Gasteiger partial charge in [0.25, 0.3) is 0 Å². The van der Waals surface area contributed by atoms with Crippen LogP contribution in [0.15, 0.2) is 12.2 Å². The predicted octanol–water partition coefficient (Wildman–Crippen LogP) is 4.87. The lowest BCUT2D eigenvalue weighted by Gasteiger charge is -2.62. The van der Waals surface area contributed by atoms with Gasteiger partial charge in [0.2, 0.25) is 0 Å². The molecule has 8 atom stereocenters. The van der Waals surface area contributed by atoms with Gasteiger partial charge in [-0.3, -0.25) is 19.2 Å². The third-order valence-electron chi connectivity index (χ3n) is 10.3. The first-order valence-corrected chi connectivity index (χ1v) is 16.9. The molecular weight excluding hydrogens is 552 g/mol. The number of cyclic esters (lactones) is 1. The molecule has 3 saturated carbocycles. The van der Waals surface area contributed by atoms with Crippen LogP contribution < -0.4 is 0 Å². The maximum absolute atomic E-state index is 14.1. The molecule has 0 N–H and O–H groups in total. The average Bonchev–Trinajstić information content (AvgIpc) is 3.46. The van der Waals surface area contributed by atoms with E-state index in [4.69, 9.17) is 14.2 Å². The van der Waals surface area contributed by atoms with Crippen molar-refractivity contribution in [2.45, 2.75) is 96.0 Å². The molecule has 1 unspecified atom stereocenters. The summed E-state index contributed by atoms with van der Waals surface area (Å²) in [6.07, 6.45) is 5.17. The maximum atomic E-state index is 14.1. The number of aldehydes is 1. The molecule has 10 heteroatoms. The third kappa shape index (κ3) is 4.56. The van der Waals surface area contributed by atoms with Crippen LogP contribution in [0, 0.1) is 34.0 Å². The van der Waals surface area contributed by atoms with E-state index in [-0.39, 0.29) is 18.6 Å². The summed E-state index contributed by atoms with van der Waals surface area (Å²) in [6.45, 7) is 9.20. The zero-order chi connectivity index (χ0) is 28.9. The minimum atomic E-state index is -1.79. The summed E-state index contributed by atoms with van der Waals surface area (Å²) in [5.74, 6) is -2.78. The summed E-state index contributed by atoms with van der Waals surface area (Å²) >= 11 is 0. The van der Waals surface area contributed by atoms with Crippen molar-refractivity contribution in [2.75, 3.05) is 12.4 Å². The number of ketones is 1. The second kappa shape index (κ2) is 11.1. The highest BCUT2D eigenvalue weighted by Crippen LogP contribution is 2.68. The Bertz CT molecular complexity index is 1100. The van der Waals surface area contributed by atoms with Gasteiger partial charge in [-0.15, -0.1) is 0 Å². The van der Waals surface area contributed by atoms with Gasteiger partial charge in [-0.2, -0.15) is 0 Å². The Balaban J connectivity index is 1.47. The van der Waals surface area contributed by atoms with Crippen molar-refractivity contribution < 1.29 is 38.2 Å². The van der Waals surface area contributed by atoms with Gasteiger partial charge in [-0.25, -0.2) is 0 Å². The van der Waals surface area contributed by atoms with E-state index < -0.39 is 69.9 Å². The lowest BCUT2D eigenvalue weighted by Crippen LogP contribution is -2.71. The summed E-state index contributed by atoms with van der Waals surface area (Å²) < 4.78 is 17.8. The van der Waals surface area contributed by atoms with E-state index in [9.17, 15) is 24.0 Å². The van der Waals surface area contributed by atoms with Crippen molar-refractivity contribution >= 4 is 51.6 Å². The highest BCUT2D eigenvalue weighted by Gasteiger charge is 2.79. The van der Waals surface area contributed by atoms with E-state index in [1.54, 1.807) is 0 Å². The fraction of sp³-hybridized carbons (Fsp3) is 0.767. The summed E-state index contributed by atoms with van der Waals surface area (Å²) in [7, 11) is 3.81. The number of hydrogen-bond donors (Lipinski definition) is 0. The summed E-state index contributed by atoms with van der Waals surface area (Å²) in [4.78, 5) is 66.1. The second-order valence-electron chi connectivity index (χ2n) is 12.9. The fourth-order valence-corrected chi connectivity index (χ4v) is 11.5. The van der Waals surface area contributed by atoms with Crippen LogP contribution in [0.1, 0.15) is 78.6 Å². The molecule has 5 rings (SSSR count). The summed E-state index contributed by atoms with van der Waals surface area (Å²) in [5, 5.41) is 0.625. The summed E-state index contributed by atoms with van der Waals surface area (Å²) in [6, 6.07) is 0. The maximum Gasteiger partial charge on any atom is 0.324 e. The van der Waals surface area contributed by atoms with Gasteiger partial charge in [-0.1, -0.05) is 48.4 Å². The van der Waals surface area contributed by atoms with Crippen LogP contribution in [-0.4, -0.2) is 59.8 Å². The van der Waals surface area contributed by atoms with E-state index in [0.29, 0.717) is 37.4 Å². The molecule has 0 aromatic rings. The van der Waals surface area contributed by atoms with Crippen LogP contribution >= 0.6 is 21.6 Å². The number of Topliss-reactive ketones (excluding diaryl/α,β-unsaturated/α-hetero) is 1. The first kappa shape index (κ1) is 29.7. The minimum absolute atomic E-state index is 0.133. The molecule has 40 heavy (non-hydrogen) atoms. The number of unbranched alkanes of at least 4 members (excludes halogenated alkanes) is 1. The number of carbonyl (C=O) groups excluding carboxylic acids is 5. The monoisotopic (exact) mass is 592 g/mol. The molecule has 2 heterocycles. The van der Waals surface area contributed by atoms with Gasteiger partial charge in [0.1, 0.15) is 25.1 Å². The smallest absolute Gasteiger partial charge is 0.324 e.